The molecule has 21 heavy (non-hydrogen) atoms. The number of fused-ring (bicyclic) bond motifs is 1. The van der Waals surface area contributed by atoms with Crippen LogP contribution in [0, 0.1) is 0 Å². The monoisotopic (exact) mass is 298 g/mol. The van der Waals surface area contributed by atoms with E-state index in [-0.39, 0.29) is 0 Å². The number of methoxy groups -OCH3 is 1. The summed E-state index contributed by atoms with van der Waals surface area (Å²) in [6, 6.07) is 14.0. The van der Waals surface area contributed by atoms with Crippen molar-refractivity contribution in [2.75, 3.05) is 12.4 Å². The molecule has 4 heteroatoms. The molecule has 0 fully saturated rings. The molecular weight excluding hydrogens is 284 g/mol. The van der Waals surface area contributed by atoms with E-state index in [0.29, 0.717) is 10.8 Å². The van der Waals surface area contributed by atoms with Crippen molar-refractivity contribution in [3.8, 4) is 5.75 Å². The van der Waals surface area contributed by atoms with Crippen molar-refractivity contribution in [3.63, 3.8) is 0 Å². The second-order valence-electron chi connectivity index (χ2n) is 4.76. The number of hydrogen-bond acceptors (Lipinski definition) is 3. The molecule has 0 aliphatic rings. The molecule has 0 aliphatic carbocycles. The van der Waals surface area contributed by atoms with E-state index in [4.69, 9.17) is 16.3 Å². The maximum Gasteiger partial charge on any atom is 0.137 e. The Labute approximate surface area is 128 Å². The number of halogens is 1. The molecule has 106 valence electrons. The van der Waals surface area contributed by atoms with Gasteiger partial charge in [-0.1, -0.05) is 23.7 Å². The number of rotatable bonds is 4. The summed E-state index contributed by atoms with van der Waals surface area (Å²) >= 11 is 6.12. The van der Waals surface area contributed by atoms with Gasteiger partial charge in [0.2, 0.25) is 0 Å². The first-order chi connectivity index (χ1) is 10.3. The van der Waals surface area contributed by atoms with Crippen LogP contribution in [0.5, 0.6) is 5.75 Å². The van der Waals surface area contributed by atoms with Gasteiger partial charge in [-0.3, -0.25) is 4.98 Å². The molecule has 0 radical (unpaired) electrons. The Bertz CT molecular complexity index is 774. The highest BCUT2D eigenvalue weighted by atomic mass is 35.5. The summed E-state index contributed by atoms with van der Waals surface area (Å²) in [5, 5.41) is 6.30. The van der Waals surface area contributed by atoms with E-state index in [2.05, 4.69) is 28.5 Å². The zero-order chi connectivity index (χ0) is 14.7. The van der Waals surface area contributed by atoms with Crippen LogP contribution in [0.3, 0.4) is 0 Å². The summed E-state index contributed by atoms with van der Waals surface area (Å²) in [4.78, 5) is 4.12. The van der Waals surface area contributed by atoms with E-state index < -0.39 is 0 Å². The van der Waals surface area contributed by atoms with E-state index >= 15 is 0 Å². The molecule has 2 aromatic carbocycles. The number of benzene rings is 2. The molecule has 0 saturated carbocycles. The number of ether oxygens (including phenoxy) is 1. The summed E-state index contributed by atoms with van der Waals surface area (Å²) in [6.45, 7) is 0.737. The summed E-state index contributed by atoms with van der Waals surface area (Å²) in [7, 11) is 1.61. The van der Waals surface area contributed by atoms with E-state index in [1.807, 2.05) is 36.7 Å². The maximum absolute atomic E-state index is 6.12. The van der Waals surface area contributed by atoms with Gasteiger partial charge in [-0.05, 0) is 41.3 Å². The zero-order valence-corrected chi connectivity index (χ0v) is 12.4. The Balaban J connectivity index is 1.75. The highest BCUT2D eigenvalue weighted by molar-refractivity contribution is 6.32. The van der Waals surface area contributed by atoms with Crippen molar-refractivity contribution in [1.29, 1.82) is 0 Å². The molecule has 3 nitrogen and oxygen atoms in total. The van der Waals surface area contributed by atoms with Crippen LogP contribution in [0.1, 0.15) is 5.56 Å². The third-order valence-electron chi connectivity index (χ3n) is 3.35. The second kappa shape index (κ2) is 6.02. The summed E-state index contributed by atoms with van der Waals surface area (Å²) in [6.07, 6.45) is 3.68. The van der Waals surface area contributed by atoms with Gasteiger partial charge in [0.25, 0.3) is 0 Å². The Hall–Kier alpha value is -2.26. The Kier molecular flexibility index (Phi) is 3.93. The number of anilines is 1. The van der Waals surface area contributed by atoms with Crippen LogP contribution < -0.4 is 10.1 Å². The molecule has 3 aromatic rings. The van der Waals surface area contributed by atoms with Gasteiger partial charge in [-0.2, -0.15) is 0 Å². The van der Waals surface area contributed by atoms with Gasteiger partial charge in [0.05, 0.1) is 12.1 Å². The topological polar surface area (TPSA) is 34.1 Å². The van der Waals surface area contributed by atoms with Gasteiger partial charge in [-0.25, -0.2) is 0 Å². The van der Waals surface area contributed by atoms with Crippen molar-refractivity contribution in [2.24, 2.45) is 0 Å². The first kappa shape index (κ1) is 13.7. The van der Waals surface area contributed by atoms with E-state index in [1.54, 1.807) is 7.11 Å². The molecular formula is C17H15ClN2O. The lowest BCUT2D eigenvalue weighted by Gasteiger charge is -2.09. The van der Waals surface area contributed by atoms with Crippen LogP contribution in [0.15, 0.2) is 54.9 Å². The zero-order valence-electron chi connectivity index (χ0n) is 11.6. The Morgan fingerprint density at radius 2 is 2.00 bits per heavy atom. The molecule has 0 amide bonds. The van der Waals surface area contributed by atoms with Crippen molar-refractivity contribution < 1.29 is 4.74 Å². The minimum Gasteiger partial charge on any atom is -0.495 e. The van der Waals surface area contributed by atoms with Crippen LogP contribution in [-0.4, -0.2) is 12.1 Å². The molecule has 1 aromatic heterocycles. The highest BCUT2D eigenvalue weighted by Crippen LogP contribution is 2.27. The van der Waals surface area contributed by atoms with E-state index in [1.165, 1.54) is 10.9 Å². The van der Waals surface area contributed by atoms with Gasteiger partial charge in [0.15, 0.2) is 0 Å². The van der Waals surface area contributed by atoms with Gasteiger partial charge in [-0.15, -0.1) is 0 Å². The fraction of sp³-hybridized carbons (Fsp3) is 0.118. The fourth-order valence-corrected chi connectivity index (χ4v) is 2.48. The molecule has 0 atom stereocenters. The van der Waals surface area contributed by atoms with Crippen molar-refractivity contribution >= 4 is 28.1 Å². The lowest BCUT2D eigenvalue weighted by molar-refractivity contribution is 0.415. The summed E-state index contributed by atoms with van der Waals surface area (Å²) in [5.74, 6) is 0.681. The number of aromatic nitrogens is 1. The van der Waals surface area contributed by atoms with Gasteiger partial charge in [0.1, 0.15) is 5.75 Å². The molecule has 0 spiro atoms. The lowest BCUT2D eigenvalue weighted by atomic mass is 10.1. The van der Waals surface area contributed by atoms with E-state index in [0.717, 1.165) is 17.6 Å². The van der Waals surface area contributed by atoms with Crippen molar-refractivity contribution in [2.45, 2.75) is 6.54 Å². The number of hydrogen-bond donors (Lipinski definition) is 1. The van der Waals surface area contributed by atoms with E-state index in [9.17, 15) is 0 Å². The van der Waals surface area contributed by atoms with Crippen LogP contribution >= 0.6 is 11.6 Å². The molecule has 0 bridgehead atoms. The standard InChI is InChI=1S/C17H15ClN2O/c1-21-17-5-4-15(9-16(17)18)20-10-12-2-3-14-11-19-7-6-13(14)8-12/h2-9,11,20H,10H2,1H3. The van der Waals surface area contributed by atoms with Crippen molar-refractivity contribution in [1.82, 2.24) is 4.98 Å². The second-order valence-corrected chi connectivity index (χ2v) is 5.17. The Morgan fingerprint density at radius 3 is 2.81 bits per heavy atom. The lowest BCUT2D eigenvalue weighted by Crippen LogP contribution is -1.99. The molecule has 1 heterocycles. The fourth-order valence-electron chi connectivity index (χ4n) is 2.22. The van der Waals surface area contributed by atoms with Crippen molar-refractivity contribution in [3.05, 3.63) is 65.4 Å². The number of nitrogens with one attached hydrogen (secondary N) is 1. The summed E-state index contributed by atoms with van der Waals surface area (Å²) in [5.41, 5.74) is 2.18. The minimum atomic E-state index is 0.604. The third kappa shape index (κ3) is 3.09. The SMILES string of the molecule is COc1ccc(NCc2ccc3cnccc3c2)cc1Cl. The maximum atomic E-state index is 6.12. The van der Waals surface area contributed by atoms with Crippen LogP contribution in [-0.2, 0) is 6.54 Å². The number of nitrogens with zero attached hydrogens (tertiary/aromatic N) is 1. The molecule has 1 N–H and O–H groups in total. The average Bonchev–Trinajstić information content (AvgIpc) is 2.53. The first-order valence-corrected chi connectivity index (χ1v) is 7.04. The van der Waals surface area contributed by atoms with Crippen LogP contribution in [0.25, 0.3) is 10.8 Å². The normalized spacial score (nSPS) is 10.6. The largest absolute Gasteiger partial charge is 0.495 e. The smallest absolute Gasteiger partial charge is 0.137 e. The molecule has 0 unspecified atom stereocenters. The molecule has 3 rings (SSSR count). The van der Waals surface area contributed by atoms with Gasteiger partial charge < -0.3 is 10.1 Å². The minimum absolute atomic E-state index is 0.604. The Morgan fingerprint density at radius 1 is 1.10 bits per heavy atom. The summed E-state index contributed by atoms with van der Waals surface area (Å²) < 4.78 is 5.15. The molecule has 0 aliphatic heterocycles. The average molecular weight is 299 g/mol. The highest BCUT2D eigenvalue weighted by Gasteiger charge is 2.02. The van der Waals surface area contributed by atoms with Gasteiger partial charge >= 0.3 is 0 Å². The van der Waals surface area contributed by atoms with Gasteiger partial charge in [0, 0.05) is 30.0 Å². The van der Waals surface area contributed by atoms with Crippen LogP contribution in [0.2, 0.25) is 5.02 Å². The predicted octanol–water partition coefficient (Wildman–Crippen LogP) is 4.51. The quantitative estimate of drug-likeness (QED) is 0.769. The molecule has 0 saturated heterocycles. The third-order valence-corrected chi connectivity index (χ3v) is 3.65. The number of pyridine rings is 1. The predicted molar refractivity (Wildman–Crippen MR) is 87.1 cm³/mol. The van der Waals surface area contributed by atoms with Crippen LogP contribution in [0.4, 0.5) is 5.69 Å². The first-order valence-electron chi connectivity index (χ1n) is 6.66.